The normalized spacial score (nSPS) is 13.1. The van der Waals surface area contributed by atoms with Crippen molar-refractivity contribution in [2.75, 3.05) is 7.05 Å². The van der Waals surface area contributed by atoms with Gasteiger partial charge in [0.05, 0.1) is 0 Å². The molecule has 1 unspecified atom stereocenters. The average Bonchev–Trinajstić information content (AvgIpc) is 2.16. The standard InChI is InChI=1S/C13H22N2/c1-10(2)8-13(14-4)9-12-7-5-6-11(3)15-12/h5-7,10,13-14H,8-9H2,1-4H3. The fraction of sp³-hybridized carbons (Fsp3) is 0.615. The topological polar surface area (TPSA) is 24.9 Å². The minimum Gasteiger partial charge on any atom is -0.317 e. The van der Waals surface area contributed by atoms with Crippen LogP contribution in [0.5, 0.6) is 0 Å². The molecule has 1 N–H and O–H groups in total. The van der Waals surface area contributed by atoms with Crippen LogP contribution in [0.3, 0.4) is 0 Å². The summed E-state index contributed by atoms with van der Waals surface area (Å²) in [4.78, 5) is 4.53. The van der Waals surface area contributed by atoms with Gasteiger partial charge in [0.2, 0.25) is 0 Å². The van der Waals surface area contributed by atoms with Crippen molar-refractivity contribution >= 4 is 0 Å². The van der Waals surface area contributed by atoms with Gasteiger partial charge in [-0.05, 0) is 38.4 Å². The Labute approximate surface area is 93.1 Å². The van der Waals surface area contributed by atoms with E-state index in [1.165, 1.54) is 12.1 Å². The Morgan fingerprint density at radius 1 is 1.33 bits per heavy atom. The van der Waals surface area contributed by atoms with Crippen LogP contribution >= 0.6 is 0 Å². The Balaban J connectivity index is 2.58. The Morgan fingerprint density at radius 3 is 2.60 bits per heavy atom. The summed E-state index contributed by atoms with van der Waals surface area (Å²) in [5.74, 6) is 0.729. The van der Waals surface area contributed by atoms with E-state index in [0.717, 1.165) is 18.0 Å². The maximum Gasteiger partial charge on any atom is 0.0422 e. The zero-order valence-electron chi connectivity index (χ0n) is 10.2. The summed E-state index contributed by atoms with van der Waals surface area (Å²) in [6, 6.07) is 6.77. The predicted octanol–water partition coefficient (Wildman–Crippen LogP) is 2.57. The van der Waals surface area contributed by atoms with Crippen molar-refractivity contribution < 1.29 is 0 Å². The van der Waals surface area contributed by atoms with Gasteiger partial charge in [-0.25, -0.2) is 0 Å². The molecule has 0 fully saturated rings. The maximum absolute atomic E-state index is 4.53. The van der Waals surface area contributed by atoms with E-state index in [4.69, 9.17) is 0 Å². The minimum atomic E-state index is 0.541. The SMILES string of the molecule is CNC(Cc1cccc(C)n1)CC(C)C. The number of nitrogens with one attached hydrogen (secondary N) is 1. The van der Waals surface area contributed by atoms with Crippen molar-refractivity contribution in [2.24, 2.45) is 5.92 Å². The molecule has 0 bridgehead atoms. The van der Waals surface area contributed by atoms with Crippen LogP contribution in [0.25, 0.3) is 0 Å². The number of aromatic nitrogens is 1. The number of likely N-dealkylation sites (N-methyl/N-ethyl adjacent to an activating group) is 1. The Bertz CT molecular complexity index is 294. The van der Waals surface area contributed by atoms with Crippen molar-refractivity contribution in [2.45, 2.75) is 39.7 Å². The van der Waals surface area contributed by atoms with Crippen molar-refractivity contribution in [3.63, 3.8) is 0 Å². The highest BCUT2D eigenvalue weighted by Crippen LogP contribution is 2.09. The first-order valence-electron chi connectivity index (χ1n) is 5.71. The van der Waals surface area contributed by atoms with Crippen LogP contribution in [0.2, 0.25) is 0 Å². The summed E-state index contributed by atoms with van der Waals surface area (Å²) in [5.41, 5.74) is 2.29. The third kappa shape index (κ3) is 4.43. The molecule has 0 spiro atoms. The van der Waals surface area contributed by atoms with Gasteiger partial charge in [0.25, 0.3) is 0 Å². The molecule has 0 aromatic carbocycles. The lowest BCUT2D eigenvalue weighted by molar-refractivity contribution is 0.438. The van der Waals surface area contributed by atoms with Gasteiger partial charge in [-0.2, -0.15) is 0 Å². The molecule has 0 aliphatic heterocycles. The van der Waals surface area contributed by atoms with Crippen LogP contribution in [0.4, 0.5) is 0 Å². The van der Waals surface area contributed by atoms with Crippen LogP contribution in [0.1, 0.15) is 31.7 Å². The molecule has 0 amide bonds. The quantitative estimate of drug-likeness (QED) is 0.801. The number of hydrogen-bond donors (Lipinski definition) is 1. The van der Waals surface area contributed by atoms with Crippen LogP contribution in [-0.4, -0.2) is 18.1 Å². The molecule has 0 radical (unpaired) electrons. The highest BCUT2D eigenvalue weighted by Gasteiger charge is 2.09. The third-order valence-corrected chi connectivity index (χ3v) is 2.57. The van der Waals surface area contributed by atoms with Gasteiger partial charge in [-0.15, -0.1) is 0 Å². The van der Waals surface area contributed by atoms with Gasteiger partial charge < -0.3 is 5.32 Å². The van der Waals surface area contributed by atoms with E-state index in [-0.39, 0.29) is 0 Å². The zero-order chi connectivity index (χ0) is 11.3. The molecule has 0 saturated heterocycles. The Morgan fingerprint density at radius 2 is 2.07 bits per heavy atom. The first-order valence-corrected chi connectivity index (χ1v) is 5.71. The van der Waals surface area contributed by atoms with E-state index in [1.807, 2.05) is 20.0 Å². The molecule has 0 aliphatic carbocycles. The second-order valence-corrected chi connectivity index (χ2v) is 4.59. The van der Waals surface area contributed by atoms with Crippen molar-refractivity contribution in [3.05, 3.63) is 29.6 Å². The molecule has 15 heavy (non-hydrogen) atoms. The molecule has 1 aromatic heterocycles. The van der Waals surface area contributed by atoms with Gasteiger partial charge >= 0.3 is 0 Å². The third-order valence-electron chi connectivity index (χ3n) is 2.57. The molecule has 2 heteroatoms. The highest BCUT2D eigenvalue weighted by molar-refractivity contribution is 5.11. The summed E-state index contributed by atoms with van der Waals surface area (Å²) in [6.45, 7) is 6.56. The second kappa shape index (κ2) is 5.86. The van der Waals surface area contributed by atoms with Gasteiger partial charge in [-0.3, -0.25) is 4.98 Å². The molecule has 1 rings (SSSR count). The lowest BCUT2D eigenvalue weighted by Gasteiger charge is -2.17. The summed E-state index contributed by atoms with van der Waals surface area (Å²) >= 11 is 0. The number of aryl methyl sites for hydroxylation is 1. The first kappa shape index (κ1) is 12.2. The number of hydrogen-bond acceptors (Lipinski definition) is 2. The Kier molecular flexibility index (Phi) is 4.76. The van der Waals surface area contributed by atoms with E-state index in [9.17, 15) is 0 Å². The van der Waals surface area contributed by atoms with E-state index >= 15 is 0 Å². The Hall–Kier alpha value is -0.890. The second-order valence-electron chi connectivity index (χ2n) is 4.59. The predicted molar refractivity (Wildman–Crippen MR) is 65.0 cm³/mol. The molecule has 2 nitrogen and oxygen atoms in total. The summed E-state index contributed by atoms with van der Waals surface area (Å²) in [6.07, 6.45) is 2.22. The first-order chi connectivity index (χ1) is 7.11. The van der Waals surface area contributed by atoms with Crippen molar-refractivity contribution in [3.8, 4) is 0 Å². The summed E-state index contributed by atoms with van der Waals surface area (Å²) in [7, 11) is 2.03. The molecule has 1 heterocycles. The lowest BCUT2D eigenvalue weighted by atomic mass is 9.99. The smallest absolute Gasteiger partial charge is 0.0422 e. The van der Waals surface area contributed by atoms with Crippen LogP contribution in [0, 0.1) is 12.8 Å². The van der Waals surface area contributed by atoms with Gasteiger partial charge in [-0.1, -0.05) is 19.9 Å². The fourth-order valence-corrected chi connectivity index (χ4v) is 1.84. The molecule has 1 atom stereocenters. The average molecular weight is 206 g/mol. The van der Waals surface area contributed by atoms with E-state index < -0.39 is 0 Å². The van der Waals surface area contributed by atoms with Crippen LogP contribution < -0.4 is 5.32 Å². The fourth-order valence-electron chi connectivity index (χ4n) is 1.84. The zero-order valence-corrected chi connectivity index (χ0v) is 10.2. The number of rotatable bonds is 5. The van der Waals surface area contributed by atoms with E-state index in [0.29, 0.717) is 6.04 Å². The van der Waals surface area contributed by atoms with Crippen LogP contribution in [-0.2, 0) is 6.42 Å². The molecular formula is C13H22N2. The van der Waals surface area contributed by atoms with Gasteiger partial charge in [0, 0.05) is 23.9 Å². The molecule has 0 saturated carbocycles. The molecule has 0 aliphatic rings. The molecular weight excluding hydrogens is 184 g/mol. The largest absolute Gasteiger partial charge is 0.317 e. The minimum absolute atomic E-state index is 0.541. The van der Waals surface area contributed by atoms with E-state index in [1.54, 1.807) is 0 Å². The highest BCUT2D eigenvalue weighted by atomic mass is 14.9. The summed E-state index contributed by atoms with van der Waals surface area (Å²) in [5, 5.41) is 3.36. The monoisotopic (exact) mass is 206 g/mol. The number of pyridine rings is 1. The molecule has 84 valence electrons. The van der Waals surface area contributed by atoms with E-state index in [2.05, 4.69) is 36.3 Å². The summed E-state index contributed by atoms with van der Waals surface area (Å²) < 4.78 is 0. The van der Waals surface area contributed by atoms with Gasteiger partial charge in [0.15, 0.2) is 0 Å². The number of nitrogens with zero attached hydrogens (tertiary/aromatic N) is 1. The maximum atomic E-state index is 4.53. The van der Waals surface area contributed by atoms with Crippen LogP contribution in [0.15, 0.2) is 18.2 Å². The van der Waals surface area contributed by atoms with Crippen molar-refractivity contribution in [1.29, 1.82) is 0 Å². The van der Waals surface area contributed by atoms with Gasteiger partial charge in [0.1, 0.15) is 0 Å². The molecule has 1 aromatic rings. The van der Waals surface area contributed by atoms with Crippen molar-refractivity contribution in [1.82, 2.24) is 10.3 Å². The lowest BCUT2D eigenvalue weighted by Crippen LogP contribution is -2.29.